The molecule has 1 aromatic heterocycles. The summed E-state index contributed by atoms with van der Waals surface area (Å²) >= 11 is 0. The maximum Gasteiger partial charge on any atom is 0.191 e. The van der Waals surface area contributed by atoms with Crippen molar-refractivity contribution in [3.05, 3.63) is 24.5 Å². The Hall–Kier alpha value is -1.45. The summed E-state index contributed by atoms with van der Waals surface area (Å²) in [6, 6.07) is 4.13. The van der Waals surface area contributed by atoms with Crippen molar-refractivity contribution in [1.82, 2.24) is 15.2 Å². The fourth-order valence-electron chi connectivity index (χ4n) is 3.42. The number of hydrogen-bond donors (Lipinski definition) is 2. The predicted molar refractivity (Wildman–Crippen MR) is 87.4 cm³/mol. The molecule has 21 heavy (non-hydrogen) atoms. The highest BCUT2D eigenvalue weighted by molar-refractivity contribution is 5.79. The SMILES string of the molecule is CCNC(=NCC1(C2CC2)CCC1)NCCn1cccc1. The minimum atomic E-state index is 0.558. The summed E-state index contributed by atoms with van der Waals surface area (Å²) in [4.78, 5) is 4.87. The topological polar surface area (TPSA) is 41.4 Å². The Morgan fingerprint density at radius 2 is 2.00 bits per heavy atom. The Morgan fingerprint density at radius 3 is 2.57 bits per heavy atom. The lowest BCUT2D eigenvalue weighted by Crippen LogP contribution is -2.41. The average molecular weight is 288 g/mol. The predicted octanol–water partition coefficient (Wildman–Crippen LogP) is 2.62. The van der Waals surface area contributed by atoms with Crippen molar-refractivity contribution in [1.29, 1.82) is 0 Å². The van der Waals surface area contributed by atoms with Gasteiger partial charge in [-0.2, -0.15) is 0 Å². The van der Waals surface area contributed by atoms with Crippen LogP contribution in [0.2, 0.25) is 0 Å². The van der Waals surface area contributed by atoms with Crippen molar-refractivity contribution >= 4 is 5.96 Å². The molecule has 3 rings (SSSR count). The lowest BCUT2D eigenvalue weighted by Gasteiger charge is -2.41. The van der Waals surface area contributed by atoms with Crippen molar-refractivity contribution in [2.24, 2.45) is 16.3 Å². The zero-order valence-corrected chi connectivity index (χ0v) is 13.1. The Morgan fingerprint density at radius 1 is 1.24 bits per heavy atom. The summed E-state index contributed by atoms with van der Waals surface area (Å²) in [7, 11) is 0. The number of nitrogens with one attached hydrogen (secondary N) is 2. The first-order valence-electron chi connectivity index (χ1n) is 8.45. The quantitative estimate of drug-likeness (QED) is 0.598. The van der Waals surface area contributed by atoms with Gasteiger partial charge in [-0.15, -0.1) is 0 Å². The molecule has 2 aliphatic rings. The largest absolute Gasteiger partial charge is 0.357 e. The van der Waals surface area contributed by atoms with E-state index in [1.165, 1.54) is 32.1 Å². The van der Waals surface area contributed by atoms with E-state index < -0.39 is 0 Å². The van der Waals surface area contributed by atoms with Crippen LogP contribution in [0.3, 0.4) is 0 Å². The van der Waals surface area contributed by atoms with Crippen molar-refractivity contribution < 1.29 is 0 Å². The number of aromatic nitrogens is 1. The van der Waals surface area contributed by atoms with Crippen LogP contribution in [0.15, 0.2) is 29.5 Å². The Kier molecular flexibility index (Phi) is 4.51. The molecular weight excluding hydrogens is 260 g/mol. The molecule has 2 fully saturated rings. The molecule has 2 saturated carbocycles. The molecule has 0 saturated heterocycles. The van der Waals surface area contributed by atoms with Crippen LogP contribution >= 0.6 is 0 Å². The van der Waals surface area contributed by atoms with Gasteiger partial charge in [0, 0.05) is 38.6 Å². The first kappa shape index (κ1) is 14.5. The Bertz CT molecular complexity index is 455. The summed E-state index contributed by atoms with van der Waals surface area (Å²) < 4.78 is 2.19. The van der Waals surface area contributed by atoms with E-state index in [-0.39, 0.29) is 0 Å². The third kappa shape index (κ3) is 3.60. The van der Waals surface area contributed by atoms with Gasteiger partial charge in [0.1, 0.15) is 0 Å². The summed E-state index contributed by atoms with van der Waals surface area (Å²) in [5.74, 6) is 1.95. The van der Waals surface area contributed by atoms with E-state index in [2.05, 4.69) is 46.7 Å². The van der Waals surface area contributed by atoms with E-state index in [1.54, 1.807) is 0 Å². The lowest BCUT2D eigenvalue weighted by molar-refractivity contribution is 0.113. The van der Waals surface area contributed by atoms with Crippen LogP contribution in [0.4, 0.5) is 0 Å². The summed E-state index contributed by atoms with van der Waals surface area (Å²) in [5, 5.41) is 6.83. The van der Waals surface area contributed by atoms with Crippen LogP contribution in [0.25, 0.3) is 0 Å². The maximum atomic E-state index is 4.87. The minimum absolute atomic E-state index is 0.558. The molecule has 0 aliphatic heterocycles. The van der Waals surface area contributed by atoms with Gasteiger partial charge in [-0.05, 0) is 56.1 Å². The van der Waals surface area contributed by atoms with Crippen molar-refractivity contribution in [2.75, 3.05) is 19.6 Å². The number of aliphatic imine (C=N–C) groups is 1. The first-order chi connectivity index (χ1) is 10.3. The van der Waals surface area contributed by atoms with Crippen LogP contribution in [0.5, 0.6) is 0 Å². The molecule has 0 unspecified atom stereocenters. The molecule has 0 bridgehead atoms. The smallest absolute Gasteiger partial charge is 0.191 e. The lowest BCUT2D eigenvalue weighted by atomic mass is 9.65. The van der Waals surface area contributed by atoms with E-state index >= 15 is 0 Å². The Labute approximate surface area is 128 Å². The number of hydrogen-bond acceptors (Lipinski definition) is 1. The third-order valence-electron chi connectivity index (χ3n) is 5.02. The van der Waals surface area contributed by atoms with E-state index in [0.29, 0.717) is 5.41 Å². The standard InChI is InChI=1S/C17H28N4/c1-2-18-16(19-10-13-21-11-3-4-12-21)20-14-17(8-5-9-17)15-6-7-15/h3-4,11-12,15H,2,5-10,13-14H2,1H3,(H2,18,19,20). The summed E-state index contributed by atoms with van der Waals surface area (Å²) in [6.07, 6.45) is 11.3. The van der Waals surface area contributed by atoms with Gasteiger partial charge < -0.3 is 15.2 Å². The Balaban J connectivity index is 1.49. The maximum absolute atomic E-state index is 4.87. The van der Waals surface area contributed by atoms with Gasteiger partial charge in [-0.3, -0.25) is 4.99 Å². The second kappa shape index (κ2) is 6.54. The van der Waals surface area contributed by atoms with E-state index in [0.717, 1.165) is 38.1 Å². The summed E-state index contributed by atoms with van der Waals surface area (Å²) in [6.45, 7) is 5.95. The van der Waals surface area contributed by atoms with Crippen molar-refractivity contribution in [3.63, 3.8) is 0 Å². The van der Waals surface area contributed by atoms with Crippen LogP contribution in [-0.2, 0) is 6.54 Å². The first-order valence-corrected chi connectivity index (χ1v) is 8.45. The molecule has 1 aromatic rings. The molecule has 2 N–H and O–H groups in total. The van der Waals surface area contributed by atoms with Gasteiger partial charge in [0.05, 0.1) is 0 Å². The molecule has 0 amide bonds. The molecule has 2 aliphatic carbocycles. The van der Waals surface area contributed by atoms with Crippen LogP contribution < -0.4 is 10.6 Å². The van der Waals surface area contributed by atoms with Crippen LogP contribution in [-0.4, -0.2) is 30.2 Å². The van der Waals surface area contributed by atoms with Gasteiger partial charge in [0.2, 0.25) is 0 Å². The molecular formula is C17H28N4. The van der Waals surface area contributed by atoms with Gasteiger partial charge >= 0.3 is 0 Å². The fraction of sp³-hybridized carbons (Fsp3) is 0.706. The zero-order valence-electron chi connectivity index (χ0n) is 13.1. The van der Waals surface area contributed by atoms with Crippen LogP contribution in [0, 0.1) is 11.3 Å². The van der Waals surface area contributed by atoms with Crippen LogP contribution in [0.1, 0.15) is 39.0 Å². The molecule has 0 spiro atoms. The minimum Gasteiger partial charge on any atom is -0.357 e. The molecule has 116 valence electrons. The number of guanidine groups is 1. The van der Waals surface area contributed by atoms with Crippen molar-refractivity contribution in [3.8, 4) is 0 Å². The zero-order chi connectivity index (χ0) is 14.5. The highest BCUT2D eigenvalue weighted by atomic mass is 15.2. The van der Waals surface area contributed by atoms with Crippen molar-refractivity contribution in [2.45, 2.75) is 45.6 Å². The second-order valence-corrected chi connectivity index (χ2v) is 6.53. The molecule has 0 aromatic carbocycles. The van der Waals surface area contributed by atoms with Gasteiger partial charge in [-0.1, -0.05) is 6.42 Å². The molecule has 4 heteroatoms. The highest BCUT2D eigenvalue weighted by Gasteiger charge is 2.48. The van der Waals surface area contributed by atoms with Gasteiger partial charge in [0.15, 0.2) is 5.96 Å². The van der Waals surface area contributed by atoms with E-state index in [9.17, 15) is 0 Å². The number of rotatable bonds is 7. The monoisotopic (exact) mass is 288 g/mol. The normalized spacial score (nSPS) is 20.9. The summed E-state index contributed by atoms with van der Waals surface area (Å²) in [5.41, 5.74) is 0.558. The molecule has 1 heterocycles. The van der Waals surface area contributed by atoms with Gasteiger partial charge in [0.25, 0.3) is 0 Å². The molecule has 0 radical (unpaired) electrons. The van der Waals surface area contributed by atoms with Gasteiger partial charge in [-0.25, -0.2) is 0 Å². The second-order valence-electron chi connectivity index (χ2n) is 6.53. The highest BCUT2D eigenvalue weighted by Crippen LogP contribution is 2.57. The van der Waals surface area contributed by atoms with E-state index in [4.69, 9.17) is 4.99 Å². The fourth-order valence-corrected chi connectivity index (χ4v) is 3.42. The molecule has 4 nitrogen and oxygen atoms in total. The van der Waals surface area contributed by atoms with E-state index in [1.807, 2.05) is 0 Å². The number of nitrogens with zero attached hydrogens (tertiary/aromatic N) is 2. The average Bonchev–Trinajstić information content (AvgIpc) is 3.15. The molecule has 0 atom stereocenters. The third-order valence-corrected chi connectivity index (χ3v) is 5.02.